The summed E-state index contributed by atoms with van der Waals surface area (Å²) in [4.78, 5) is 61.9. The number of hydrogen-bond donors (Lipinski definition) is 4. The van der Waals surface area contributed by atoms with Crippen LogP contribution in [0.1, 0.15) is 200 Å². The van der Waals surface area contributed by atoms with E-state index in [1.165, 1.54) is 58.5 Å². The summed E-state index contributed by atoms with van der Waals surface area (Å²) >= 11 is 0. The average Bonchev–Trinajstić information content (AvgIpc) is 4.00. The number of Topliss-reactive ketones (excluding diaryl/α,β-unsaturated/α-hetero) is 2. The number of esters is 2. The second-order valence-corrected chi connectivity index (χ2v) is 20.9. The topological polar surface area (TPSA) is 142 Å². The molecule has 0 aromatic carbocycles. The van der Waals surface area contributed by atoms with Gasteiger partial charge in [0, 0.05) is 63.8 Å². The van der Waals surface area contributed by atoms with Crippen LogP contribution < -0.4 is 10.6 Å². The number of hydrogen-bond acceptors (Lipinski definition) is 8. The molecule has 3 aliphatic heterocycles. The van der Waals surface area contributed by atoms with Gasteiger partial charge in [0.05, 0.1) is 36.7 Å². The second-order valence-electron chi connectivity index (χ2n) is 20.9. The van der Waals surface area contributed by atoms with Gasteiger partial charge in [0.2, 0.25) is 5.78 Å². The Hall–Kier alpha value is -4.60. The monoisotopic (exact) mass is 893 g/mol. The van der Waals surface area contributed by atoms with Gasteiger partial charge in [0.1, 0.15) is 5.57 Å². The van der Waals surface area contributed by atoms with Gasteiger partial charge in [-0.15, -0.1) is 0 Å². The summed E-state index contributed by atoms with van der Waals surface area (Å²) in [6.07, 6.45) is 20.2. The van der Waals surface area contributed by atoms with E-state index in [1.807, 2.05) is 13.8 Å². The summed E-state index contributed by atoms with van der Waals surface area (Å²) in [5.74, 6) is 1.56. The zero-order valence-corrected chi connectivity index (χ0v) is 41.8. The molecule has 0 radical (unpaired) electrons. The maximum absolute atomic E-state index is 14.4. The van der Waals surface area contributed by atoms with E-state index in [4.69, 9.17) is 9.47 Å². The van der Waals surface area contributed by atoms with Crippen molar-refractivity contribution < 1.29 is 28.7 Å². The number of rotatable bonds is 21. The lowest BCUT2D eigenvalue weighted by atomic mass is 9.82. The lowest BCUT2D eigenvalue weighted by Gasteiger charge is -2.23. The fraction of sp³-hybridized carbons (Fsp3) is 0.636. The van der Waals surface area contributed by atoms with E-state index in [-0.39, 0.29) is 53.2 Å². The predicted octanol–water partition coefficient (Wildman–Crippen LogP) is 12.3. The Balaban J connectivity index is 1.18. The Kier molecular flexibility index (Phi) is 16.7. The molecule has 2 saturated heterocycles. The van der Waals surface area contributed by atoms with Crippen molar-refractivity contribution in [2.24, 2.45) is 47.3 Å². The highest BCUT2D eigenvalue weighted by molar-refractivity contribution is 6.34. The number of ether oxygens (including phenoxy) is 2. The number of carbonyl (C=O) groups is 4. The van der Waals surface area contributed by atoms with E-state index in [0.29, 0.717) is 41.3 Å². The van der Waals surface area contributed by atoms with Gasteiger partial charge in [-0.05, 0) is 99.0 Å². The maximum atomic E-state index is 14.4. The van der Waals surface area contributed by atoms with Crippen LogP contribution in [0.25, 0.3) is 23.8 Å². The molecule has 10 nitrogen and oxygen atoms in total. The van der Waals surface area contributed by atoms with Gasteiger partial charge in [-0.25, -0.2) is 4.79 Å². The largest absolute Gasteiger partial charge is 0.466 e. The number of fused-ring (bicyclic) bond motifs is 8. The van der Waals surface area contributed by atoms with Crippen LogP contribution in [0.15, 0.2) is 22.7 Å². The highest BCUT2D eigenvalue weighted by Gasteiger charge is 2.48. The molecule has 1 aliphatic carbocycles. The molecule has 8 bridgehead atoms. The highest BCUT2D eigenvalue weighted by Crippen LogP contribution is 2.47. The fourth-order valence-electron chi connectivity index (χ4n) is 11.3. The SMILES string of the molecule is CC[C@H]1/C2=C/c3[nH]c4c(c3C)C(=O)C(C(=O)OC)=C4C3N/C(=C\c4[nH]c(c(C(C)=O)c4C)/C=C(\N2)[C@@H]1C)[C@@H](C)[C@@H]3CCC(=O)OCCC(C)CCC[C@H](C)CCC[C@H](C)CCCC(C)C. The molecular weight excluding hydrogens is 813 g/mol. The van der Waals surface area contributed by atoms with Gasteiger partial charge in [0.25, 0.3) is 0 Å². The summed E-state index contributed by atoms with van der Waals surface area (Å²) in [7, 11) is 1.30. The molecular formula is C55H80N4O6. The third-order valence-electron chi connectivity index (χ3n) is 15.5. The van der Waals surface area contributed by atoms with Crippen LogP contribution in [0.2, 0.25) is 0 Å². The molecule has 4 N–H and O–H groups in total. The summed E-state index contributed by atoms with van der Waals surface area (Å²) in [6.45, 7) is 24.1. The van der Waals surface area contributed by atoms with E-state index in [9.17, 15) is 19.2 Å². The molecule has 8 atom stereocenters. The molecule has 2 fully saturated rings. The molecule has 4 aliphatic rings. The van der Waals surface area contributed by atoms with E-state index in [0.717, 1.165) is 82.3 Å². The summed E-state index contributed by atoms with van der Waals surface area (Å²) < 4.78 is 11.2. The van der Waals surface area contributed by atoms with Gasteiger partial charge in [-0.3, -0.25) is 14.4 Å². The van der Waals surface area contributed by atoms with Gasteiger partial charge in [0.15, 0.2) is 5.78 Å². The first-order chi connectivity index (χ1) is 30.9. The third kappa shape index (κ3) is 11.2. The average molecular weight is 893 g/mol. The van der Waals surface area contributed by atoms with Crippen molar-refractivity contribution in [3.63, 3.8) is 0 Å². The van der Waals surface area contributed by atoms with Gasteiger partial charge >= 0.3 is 11.9 Å². The minimum Gasteiger partial charge on any atom is -0.466 e. The number of allylic oxidation sites excluding steroid dienone is 3. The fourth-order valence-corrected chi connectivity index (χ4v) is 11.3. The van der Waals surface area contributed by atoms with Gasteiger partial charge in [-0.2, -0.15) is 0 Å². The number of carbonyl (C=O) groups excluding carboxylic acids is 4. The molecule has 2 aromatic rings. The molecule has 5 heterocycles. The van der Waals surface area contributed by atoms with Gasteiger partial charge < -0.3 is 30.1 Å². The maximum Gasteiger partial charge on any atom is 0.342 e. The van der Waals surface area contributed by atoms with Crippen LogP contribution in [0.5, 0.6) is 0 Å². The Morgan fingerprint density at radius 3 is 1.92 bits per heavy atom. The van der Waals surface area contributed by atoms with E-state index in [2.05, 4.69) is 94.2 Å². The van der Waals surface area contributed by atoms with Crippen LogP contribution in [-0.4, -0.2) is 53.2 Å². The smallest absolute Gasteiger partial charge is 0.342 e. The van der Waals surface area contributed by atoms with Crippen LogP contribution >= 0.6 is 0 Å². The van der Waals surface area contributed by atoms with Crippen molar-refractivity contribution in [2.45, 2.75) is 166 Å². The minimum atomic E-state index is -0.683. The zero-order valence-electron chi connectivity index (χ0n) is 41.8. The van der Waals surface area contributed by atoms with Crippen molar-refractivity contribution in [1.82, 2.24) is 20.6 Å². The number of nitrogens with one attached hydrogen (secondary N) is 4. The first-order valence-corrected chi connectivity index (χ1v) is 25.1. The van der Waals surface area contributed by atoms with Crippen molar-refractivity contribution >= 4 is 47.3 Å². The van der Waals surface area contributed by atoms with E-state index in [1.54, 1.807) is 6.92 Å². The van der Waals surface area contributed by atoms with E-state index < -0.39 is 12.0 Å². The number of aromatic nitrogens is 2. The van der Waals surface area contributed by atoms with Crippen molar-refractivity contribution in [1.29, 1.82) is 0 Å². The molecule has 356 valence electrons. The quantitative estimate of drug-likeness (QED) is 0.0551. The second kappa shape index (κ2) is 21.8. The Bertz CT molecular complexity index is 2210. The molecule has 10 heteroatoms. The standard InChI is InChI=1S/C55H80N4O6/c1-13-39-34(7)41-29-46-48(38(11)60)36(9)43(57-46)27-42-35(8)40(52(58-42)50-51(55(63)64-12)54(62)49-37(10)44(59-53(49)50)28-45(39)56-41)23-24-47(61)65-26-25-33(6)22-16-21-32(5)20-15-19-31(4)18-14-17-30(2)3/h27-35,39-40,52,56-59H,13-26H2,1-12H3/b41-29-,42-27-,45-28-/t31-,32-,33?,34-,35+,39-,40+,52?/m1/s1. The lowest BCUT2D eigenvalue weighted by Crippen LogP contribution is -2.31. The molecule has 0 saturated carbocycles. The third-order valence-corrected chi connectivity index (χ3v) is 15.5. The van der Waals surface area contributed by atoms with Crippen LogP contribution in [0, 0.1) is 61.2 Å². The number of H-pyrrole nitrogens is 2. The van der Waals surface area contributed by atoms with Gasteiger partial charge in [-0.1, -0.05) is 113 Å². The lowest BCUT2D eigenvalue weighted by molar-refractivity contribution is -0.144. The first-order valence-electron chi connectivity index (χ1n) is 25.1. The molecule has 0 amide bonds. The van der Waals surface area contributed by atoms with Crippen molar-refractivity contribution in [2.75, 3.05) is 13.7 Å². The van der Waals surface area contributed by atoms with E-state index >= 15 is 0 Å². The normalized spacial score (nSPS) is 25.0. The first kappa shape index (κ1) is 49.8. The minimum absolute atomic E-state index is 0.0164. The summed E-state index contributed by atoms with van der Waals surface area (Å²) in [5.41, 5.74) is 9.21. The number of methoxy groups -OCH3 is 1. The highest BCUT2D eigenvalue weighted by atomic mass is 16.5. The number of ketones is 2. The predicted molar refractivity (Wildman–Crippen MR) is 263 cm³/mol. The Morgan fingerprint density at radius 1 is 0.738 bits per heavy atom. The summed E-state index contributed by atoms with van der Waals surface area (Å²) in [5, 5.41) is 7.42. The molecule has 6 rings (SSSR count). The Labute approximate surface area is 389 Å². The molecule has 2 unspecified atom stereocenters. The molecule has 0 spiro atoms. The molecule has 2 aromatic heterocycles. The van der Waals surface area contributed by atoms with Crippen LogP contribution in [0.3, 0.4) is 0 Å². The van der Waals surface area contributed by atoms with Crippen molar-refractivity contribution in [3.8, 4) is 0 Å². The Morgan fingerprint density at radius 2 is 1.32 bits per heavy atom. The van der Waals surface area contributed by atoms with Crippen molar-refractivity contribution in [3.05, 3.63) is 67.7 Å². The number of aromatic amines is 2. The molecule has 65 heavy (non-hydrogen) atoms. The summed E-state index contributed by atoms with van der Waals surface area (Å²) in [6, 6.07) is -0.503. The van der Waals surface area contributed by atoms with Crippen LogP contribution in [-0.2, 0) is 19.1 Å². The van der Waals surface area contributed by atoms with Crippen LogP contribution in [0.4, 0.5) is 0 Å². The zero-order chi connectivity index (χ0) is 47.3.